The van der Waals surface area contributed by atoms with Crippen molar-refractivity contribution in [1.29, 1.82) is 0 Å². The molecule has 1 fully saturated rings. The van der Waals surface area contributed by atoms with Gasteiger partial charge in [-0.25, -0.2) is 4.79 Å². The number of carboxylic acid groups (broad SMARTS) is 1. The molecule has 2 rings (SSSR count). The average molecular weight is 291 g/mol. The summed E-state index contributed by atoms with van der Waals surface area (Å²) in [5.74, 6) is -0.151. The van der Waals surface area contributed by atoms with Gasteiger partial charge in [0.05, 0.1) is 5.56 Å². The zero-order valence-corrected chi connectivity index (χ0v) is 12.8. The third-order valence-electron chi connectivity index (χ3n) is 4.19. The van der Waals surface area contributed by atoms with Crippen LogP contribution in [-0.4, -0.2) is 42.8 Å². The standard InChI is InChI=1S/C17H25NO3/c1-21-11-9-14-4-2-3-10-18(12-14)13-15-5-7-16(8-6-15)17(19)20/h5-8,14H,2-4,9-13H2,1H3,(H,19,20). The second-order valence-corrected chi connectivity index (χ2v) is 5.88. The smallest absolute Gasteiger partial charge is 0.335 e. The maximum atomic E-state index is 10.9. The fraction of sp³-hybridized carbons (Fsp3) is 0.588. The molecule has 4 heteroatoms. The van der Waals surface area contributed by atoms with E-state index in [-0.39, 0.29) is 0 Å². The molecule has 1 aliphatic heterocycles. The van der Waals surface area contributed by atoms with Crippen molar-refractivity contribution in [3.8, 4) is 0 Å². The van der Waals surface area contributed by atoms with Gasteiger partial charge >= 0.3 is 5.97 Å². The number of carbonyl (C=O) groups is 1. The predicted octanol–water partition coefficient (Wildman–Crippen LogP) is 3.02. The second kappa shape index (κ2) is 8.15. The Morgan fingerprint density at radius 1 is 1.33 bits per heavy atom. The Balaban J connectivity index is 1.92. The van der Waals surface area contributed by atoms with Crippen molar-refractivity contribution >= 4 is 5.97 Å². The minimum absolute atomic E-state index is 0.354. The van der Waals surface area contributed by atoms with Gasteiger partial charge in [0.1, 0.15) is 0 Å². The van der Waals surface area contributed by atoms with E-state index in [4.69, 9.17) is 9.84 Å². The van der Waals surface area contributed by atoms with Gasteiger partial charge in [-0.2, -0.15) is 0 Å². The molecular formula is C17H25NO3. The molecule has 0 bridgehead atoms. The number of rotatable bonds is 6. The molecule has 1 aromatic rings. The molecular weight excluding hydrogens is 266 g/mol. The Labute approximate surface area is 126 Å². The van der Waals surface area contributed by atoms with Gasteiger partial charge < -0.3 is 9.84 Å². The predicted molar refractivity (Wildman–Crippen MR) is 82.5 cm³/mol. The van der Waals surface area contributed by atoms with E-state index in [0.717, 1.165) is 32.7 Å². The van der Waals surface area contributed by atoms with Crippen LogP contribution in [0.2, 0.25) is 0 Å². The SMILES string of the molecule is COCCC1CCCCN(Cc2ccc(C(=O)O)cc2)C1. The van der Waals surface area contributed by atoms with Crippen LogP contribution in [0, 0.1) is 5.92 Å². The summed E-state index contributed by atoms with van der Waals surface area (Å²) in [6.07, 6.45) is 4.96. The molecule has 0 spiro atoms. The molecule has 0 amide bonds. The van der Waals surface area contributed by atoms with Crippen molar-refractivity contribution in [2.45, 2.75) is 32.2 Å². The number of hydrogen-bond acceptors (Lipinski definition) is 3. The summed E-state index contributed by atoms with van der Waals surface area (Å²) in [5, 5.41) is 8.93. The van der Waals surface area contributed by atoms with E-state index in [1.807, 2.05) is 12.1 Å². The van der Waals surface area contributed by atoms with Crippen LogP contribution in [0.25, 0.3) is 0 Å². The number of likely N-dealkylation sites (tertiary alicyclic amines) is 1. The van der Waals surface area contributed by atoms with Gasteiger partial charge in [-0.3, -0.25) is 4.90 Å². The molecule has 4 nitrogen and oxygen atoms in total. The van der Waals surface area contributed by atoms with E-state index in [1.54, 1.807) is 19.2 Å². The number of carboxylic acids is 1. The molecule has 0 saturated carbocycles. The van der Waals surface area contributed by atoms with Crippen molar-refractivity contribution < 1.29 is 14.6 Å². The first kappa shape index (κ1) is 16.0. The van der Waals surface area contributed by atoms with E-state index < -0.39 is 5.97 Å². The molecule has 0 aromatic heterocycles. The summed E-state index contributed by atoms with van der Waals surface area (Å²) in [7, 11) is 1.76. The van der Waals surface area contributed by atoms with E-state index in [0.29, 0.717) is 11.5 Å². The molecule has 0 radical (unpaired) electrons. The third kappa shape index (κ3) is 5.14. The van der Waals surface area contributed by atoms with Crippen molar-refractivity contribution in [2.75, 3.05) is 26.8 Å². The fourth-order valence-corrected chi connectivity index (χ4v) is 2.99. The largest absolute Gasteiger partial charge is 0.478 e. The average Bonchev–Trinajstić information content (AvgIpc) is 2.71. The lowest BCUT2D eigenvalue weighted by Gasteiger charge is -2.24. The third-order valence-corrected chi connectivity index (χ3v) is 4.19. The fourth-order valence-electron chi connectivity index (χ4n) is 2.99. The monoisotopic (exact) mass is 291 g/mol. The molecule has 1 atom stereocenters. The Bertz CT molecular complexity index is 444. The number of hydrogen-bond donors (Lipinski definition) is 1. The zero-order chi connectivity index (χ0) is 15.1. The minimum atomic E-state index is -0.865. The minimum Gasteiger partial charge on any atom is -0.478 e. The van der Waals surface area contributed by atoms with E-state index in [1.165, 1.54) is 24.8 Å². The van der Waals surface area contributed by atoms with E-state index in [2.05, 4.69) is 4.90 Å². The lowest BCUT2D eigenvalue weighted by molar-refractivity contribution is 0.0697. The maximum Gasteiger partial charge on any atom is 0.335 e. The Kier molecular flexibility index (Phi) is 6.21. The van der Waals surface area contributed by atoms with E-state index in [9.17, 15) is 4.79 Å². The molecule has 21 heavy (non-hydrogen) atoms. The molecule has 1 N–H and O–H groups in total. The highest BCUT2D eigenvalue weighted by molar-refractivity contribution is 5.87. The summed E-state index contributed by atoms with van der Waals surface area (Å²) in [5.41, 5.74) is 1.54. The maximum absolute atomic E-state index is 10.9. The van der Waals surface area contributed by atoms with Crippen LogP contribution in [0.3, 0.4) is 0 Å². The quantitative estimate of drug-likeness (QED) is 0.875. The number of aromatic carboxylic acids is 1. The van der Waals surface area contributed by atoms with Gasteiger partial charge in [0.25, 0.3) is 0 Å². The molecule has 1 heterocycles. The number of ether oxygens (including phenoxy) is 1. The van der Waals surface area contributed by atoms with Crippen LogP contribution in [0.15, 0.2) is 24.3 Å². The summed E-state index contributed by atoms with van der Waals surface area (Å²) in [6, 6.07) is 7.24. The van der Waals surface area contributed by atoms with Crippen LogP contribution in [0.5, 0.6) is 0 Å². The van der Waals surface area contributed by atoms with Crippen LogP contribution in [0.4, 0.5) is 0 Å². The topological polar surface area (TPSA) is 49.8 Å². The van der Waals surface area contributed by atoms with Gasteiger partial charge in [0.15, 0.2) is 0 Å². The number of nitrogens with zero attached hydrogens (tertiary/aromatic N) is 1. The second-order valence-electron chi connectivity index (χ2n) is 5.88. The van der Waals surface area contributed by atoms with Gasteiger partial charge in [-0.15, -0.1) is 0 Å². The highest BCUT2D eigenvalue weighted by Gasteiger charge is 2.18. The zero-order valence-electron chi connectivity index (χ0n) is 12.8. The van der Waals surface area contributed by atoms with Crippen molar-refractivity contribution in [3.63, 3.8) is 0 Å². The first-order valence-electron chi connectivity index (χ1n) is 7.72. The molecule has 1 unspecified atom stereocenters. The van der Waals surface area contributed by atoms with Crippen molar-refractivity contribution in [1.82, 2.24) is 4.90 Å². The summed E-state index contributed by atoms with van der Waals surface area (Å²) >= 11 is 0. The molecule has 0 aliphatic carbocycles. The lowest BCUT2D eigenvalue weighted by atomic mass is 10.00. The van der Waals surface area contributed by atoms with Gasteiger partial charge in [-0.1, -0.05) is 18.6 Å². The lowest BCUT2D eigenvalue weighted by Crippen LogP contribution is -2.28. The number of benzene rings is 1. The highest BCUT2D eigenvalue weighted by Crippen LogP contribution is 2.21. The van der Waals surface area contributed by atoms with Crippen LogP contribution >= 0.6 is 0 Å². The van der Waals surface area contributed by atoms with Crippen LogP contribution in [0.1, 0.15) is 41.6 Å². The molecule has 1 saturated heterocycles. The molecule has 116 valence electrons. The molecule has 1 aliphatic rings. The van der Waals surface area contributed by atoms with Crippen molar-refractivity contribution in [2.24, 2.45) is 5.92 Å². The van der Waals surface area contributed by atoms with Crippen molar-refractivity contribution in [3.05, 3.63) is 35.4 Å². The van der Waals surface area contributed by atoms with Crippen LogP contribution in [-0.2, 0) is 11.3 Å². The van der Waals surface area contributed by atoms with Gasteiger partial charge in [-0.05, 0) is 49.4 Å². The first-order chi connectivity index (χ1) is 10.2. The van der Waals surface area contributed by atoms with Crippen LogP contribution < -0.4 is 0 Å². The van der Waals surface area contributed by atoms with Gasteiger partial charge in [0.2, 0.25) is 0 Å². The molecule has 1 aromatic carbocycles. The summed E-state index contributed by atoms with van der Waals surface area (Å²) in [6.45, 7) is 3.99. The Morgan fingerprint density at radius 2 is 2.10 bits per heavy atom. The summed E-state index contributed by atoms with van der Waals surface area (Å²) < 4.78 is 5.20. The Hall–Kier alpha value is -1.39. The normalized spacial score (nSPS) is 20.1. The summed E-state index contributed by atoms with van der Waals surface area (Å²) in [4.78, 5) is 13.4. The van der Waals surface area contributed by atoms with Gasteiger partial charge in [0, 0.05) is 26.8 Å². The Morgan fingerprint density at radius 3 is 2.76 bits per heavy atom. The number of methoxy groups -OCH3 is 1. The highest BCUT2D eigenvalue weighted by atomic mass is 16.5. The van der Waals surface area contributed by atoms with E-state index >= 15 is 0 Å². The first-order valence-corrected chi connectivity index (χ1v) is 7.72.